The van der Waals surface area contributed by atoms with E-state index in [1.54, 1.807) is 11.3 Å². The number of aryl methyl sites for hydroxylation is 1. The van der Waals surface area contributed by atoms with Gasteiger partial charge in [-0.2, -0.15) is 0 Å². The van der Waals surface area contributed by atoms with Crippen LogP contribution in [0, 0.1) is 12.8 Å². The quantitative estimate of drug-likeness (QED) is 0.911. The van der Waals surface area contributed by atoms with Gasteiger partial charge in [0.1, 0.15) is 0 Å². The molecular formula is C17H21N3OS. The van der Waals surface area contributed by atoms with Crippen LogP contribution in [-0.4, -0.2) is 23.5 Å². The van der Waals surface area contributed by atoms with E-state index in [0.717, 1.165) is 18.7 Å². The molecule has 3 rings (SSSR count). The highest BCUT2D eigenvalue weighted by Gasteiger charge is 2.31. The van der Waals surface area contributed by atoms with Crippen LogP contribution in [0.5, 0.6) is 0 Å². The Balaban J connectivity index is 1.73. The van der Waals surface area contributed by atoms with E-state index in [4.69, 9.17) is 5.73 Å². The zero-order valence-corrected chi connectivity index (χ0v) is 13.7. The molecule has 2 unspecified atom stereocenters. The molecule has 2 aromatic rings. The number of hydrogen-bond acceptors (Lipinski definition) is 4. The number of thiazole rings is 1. The number of carbonyl (C=O) groups is 1. The first-order valence-corrected chi connectivity index (χ1v) is 8.47. The minimum absolute atomic E-state index is 0.174. The van der Waals surface area contributed by atoms with Crippen molar-refractivity contribution in [1.82, 2.24) is 10.3 Å². The van der Waals surface area contributed by atoms with Gasteiger partial charge in [0.05, 0.1) is 22.1 Å². The Kier molecular flexibility index (Phi) is 4.27. The van der Waals surface area contributed by atoms with Gasteiger partial charge < -0.3 is 11.1 Å². The molecule has 0 spiro atoms. The third-order valence-corrected chi connectivity index (χ3v) is 5.64. The van der Waals surface area contributed by atoms with E-state index >= 15 is 0 Å². The van der Waals surface area contributed by atoms with Gasteiger partial charge in [-0.25, -0.2) is 4.98 Å². The van der Waals surface area contributed by atoms with Gasteiger partial charge in [-0.15, -0.1) is 11.3 Å². The summed E-state index contributed by atoms with van der Waals surface area (Å²) in [7, 11) is 0. The molecule has 4 nitrogen and oxygen atoms in total. The van der Waals surface area contributed by atoms with E-state index in [-0.39, 0.29) is 11.9 Å². The second-order valence-electron chi connectivity index (χ2n) is 6.04. The molecule has 3 atom stereocenters. The third kappa shape index (κ3) is 2.91. The molecule has 0 saturated carbocycles. The van der Waals surface area contributed by atoms with E-state index < -0.39 is 0 Å². The summed E-state index contributed by atoms with van der Waals surface area (Å²) in [5.74, 6) is 0.618. The largest absolute Gasteiger partial charge is 0.368 e. The monoisotopic (exact) mass is 315 g/mol. The molecule has 2 heterocycles. The third-order valence-electron chi connectivity index (χ3n) is 4.66. The van der Waals surface area contributed by atoms with Crippen LogP contribution in [0.15, 0.2) is 29.8 Å². The summed E-state index contributed by atoms with van der Waals surface area (Å²) in [4.78, 5) is 16.8. The molecule has 1 aliphatic heterocycles. The number of benzene rings is 1. The maximum absolute atomic E-state index is 11.3. The molecule has 1 amide bonds. The number of primary amides is 1. The van der Waals surface area contributed by atoms with Crippen LogP contribution in [0.2, 0.25) is 0 Å². The van der Waals surface area contributed by atoms with Crippen molar-refractivity contribution in [1.29, 1.82) is 0 Å². The Bertz CT molecular complexity index is 665. The Hall–Kier alpha value is -1.72. The topological polar surface area (TPSA) is 68.0 Å². The van der Waals surface area contributed by atoms with Gasteiger partial charge in [0.2, 0.25) is 5.91 Å². The molecule has 1 aromatic carbocycles. The Morgan fingerprint density at radius 1 is 1.41 bits per heavy atom. The lowest BCUT2D eigenvalue weighted by Crippen LogP contribution is -2.36. The Morgan fingerprint density at radius 2 is 2.14 bits per heavy atom. The van der Waals surface area contributed by atoms with E-state index in [0.29, 0.717) is 11.8 Å². The van der Waals surface area contributed by atoms with E-state index in [1.165, 1.54) is 16.0 Å². The van der Waals surface area contributed by atoms with Gasteiger partial charge >= 0.3 is 0 Å². The number of amides is 1. The zero-order chi connectivity index (χ0) is 15.7. The van der Waals surface area contributed by atoms with Crippen LogP contribution in [0.3, 0.4) is 0 Å². The van der Waals surface area contributed by atoms with Crippen molar-refractivity contribution in [3.05, 3.63) is 41.0 Å². The summed E-state index contributed by atoms with van der Waals surface area (Å²) < 4.78 is 0. The van der Waals surface area contributed by atoms with Gasteiger partial charge in [0.15, 0.2) is 0 Å². The number of aromatic nitrogens is 1. The van der Waals surface area contributed by atoms with Gasteiger partial charge in [-0.1, -0.05) is 31.2 Å². The summed E-state index contributed by atoms with van der Waals surface area (Å²) in [6.07, 6.45) is 0.826. The number of carbonyl (C=O) groups excluding carboxylic acids is 1. The van der Waals surface area contributed by atoms with Crippen molar-refractivity contribution in [2.24, 2.45) is 11.7 Å². The highest BCUT2D eigenvalue weighted by Crippen LogP contribution is 2.33. The smallest absolute Gasteiger partial charge is 0.234 e. The van der Waals surface area contributed by atoms with Crippen LogP contribution in [0.25, 0.3) is 10.4 Å². The summed E-state index contributed by atoms with van der Waals surface area (Å²) in [6.45, 7) is 5.11. The van der Waals surface area contributed by atoms with Crippen LogP contribution in [-0.2, 0) is 4.79 Å². The number of nitrogens with two attached hydrogens (primary N) is 1. The van der Waals surface area contributed by atoms with E-state index in [1.807, 2.05) is 12.4 Å². The summed E-state index contributed by atoms with van der Waals surface area (Å²) in [6, 6.07) is 8.54. The van der Waals surface area contributed by atoms with Gasteiger partial charge in [0.25, 0.3) is 0 Å². The molecule has 1 saturated heterocycles. The normalized spacial score (nSPS) is 22.6. The fourth-order valence-electron chi connectivity index (χ4n) is 3.15. The maximum Gasteiger partial charge on any atom is 0.234 e. The Labute approximate surface area is 134 Å². The molecule has 1 fully saturated rings. The minimum atomic E-state index is -0.245. The van der Waals surface area contributed by atoms with Crippen LogP contribution in [0.1, 0.15) is 30.5 Å². The van der Waals surface area contributed by atoms with Crippen molar-refractivity contribution in [2.75, 3.05) is 6.54 Å². The van der Waals surface area contributed by atoms with Crippen molar-refractivity contribution >= 4 is 17.2 Å². The zero-order valence-electron chi connectivity index (χ0n) is 12.9. The van der Waals surface area contributed by atoms with Crippen molar-refractivity contribution < 1.29 is 4.79 Å². The average molecular weight is 315 g/mol. The molecule has 1 aliphatic rings. The fourth-order valence-corrected chi connectivity index (χ4v) is 3.96. The van der Waals surface area contributed by atoms with E-state index in [9.17, 15) is 4.79 Å². The molecule has 1 aromatic heterocycles. The average Bonchev–Trinajstić information content (AvgIpc) is 3.15. The molecule has 5 heteroatoms. The van der Waals surface area contributed by atoms with Gasteiger partial charge in [-0.3, -0.25) is 4.79 Å². The SMILES string of the molecule is Cc1ncsc1-c1ccc([C@@H](C)C2CNC(C(N)=O)C2)cc1. The Morgan fingerprint density at radius 3 is 2.68 bits per heavy atom. The lowest BCUT2D eigenvalue weighted by Gasteiger charge is -2.19. The molecule has 3 N–H and O–H groups in total. The lowest BCUT2D eigenvalue weighted by atomic mass is 9.85. The number of nitrogens with one attached hydrogen (secondary N) is 1. The summed E-state index contributed by atoms with van der Waals surface area (Å²) in [5, 5.41) is 3.22. The summed E-state index contributed by atoms with van der Waals surface area (Å²) >= 11 is 1.67. The highest BCUT2D eigenvalue weighted by atomic mass is 32.1. The van der Waals surface area contributed by atoms with E-state index in [2.05, 4.69) is 41.5 Å². The number of hydrogen-bond donors (Lipinski definition) is 2. The molecule has 22 heavy (non-hydrogen) atoms. The first-order valence-electron chi connectivity index (χ1n) is 7.59. The molecule has 0 radical (unpaired) electrons. The van der Waals surface area contributed by atoms with Crippen molar-refractivity contribution in [3.8, 4) is 10.4 Å². The minimum Gasteiger partial charge on any atom is -0.368 e. The van der Waals surface area contributed by atoms with Crippen LogP contribution >= 0.6 is 11.3 Å². The van der Waals surface area contributed by atoms with Crippen LogP contribution < -0.4 is 11.1 Å². The van der Waals surface area contributed by atoms with Crippen molar-refractivity contribution in [2.45, 2.75) is 32.2 Å². The second kappa shape index (κ2) is 6.18. The highest BCUT2D eigenvalue weighted by molar-refractivity contribution is 7.13. The number of nitrogens with zero attached hydrogens (tertiary/aromatic N) is 1. The molecular weight excluding hydrogens is 294 g/mol. The maximum atomic E-state index is 11.3. The summed E-state index contributed by atoms with van der Waals surface area (Å²) in [5.41, 5.74) is 10.9. The standard InChI is InChI=1S/C17H21N3OS/c1-10(14-7-15(17(18)21)19-8-14)12-3-5-13(6-4-12)16-11(2)20-9-22-16/h3-6,9-10,14-15,19H,7-8H2,1-2H3,(H2,18,21)/t10-,14?,15?/m1/s1. The van der Waals surface area contributed by atoms with Gasteiger partial charge in [0, 0.05) is 0 Å². The lowest BCUT2D eigenvalue weighted by molar-refractivity contribution is -0.119. The molecule has 0 bridgehead atoms. The molecule has 0 aliphatic carbocycles. The molecule has 116 valence electrons. The second-order valence-corrected chi connectivity index (χ2v) is 6.89. The first-order chi connectivity index (χ1) is 10.6. The fraction of sp³-hybridized carbons (Fsp3) is 0.412. The van der Waals surface area contributed by atoms with Gasteiger partial charge in [-0.05, 0) is 42.9 Å². The number of rotatable bonds is 4. The predicted octanol–water partition coefficient (Wildman–Crippen LogP) is 2.69. The predicted molar refractivity (Wildman–Crippen MR) is 89.8 cm³/mol. The van der Waals surface area contributed by atoms with Crippen molar-refractivity contribution in [3.63, 3.8) is 0 Å². The van der Waals surface area contributed by atoms with Crippen LogP contribution in [0.4, 0.5) is 0 Å². The first kappa shape index (κ1) is 15.2.